The number of nitrogens with one attached hydrogen (secondary N) is 2. The van der Waals surface area contributed by atoms with E-state index in [4.69, 9.17) is 0 Å². The summed E-state index contributed by atoms with van der Waals surface area (Å²) in [6.45, 7) is 3.22. The smallest absolute Gasteiger partial charge is 0.286 e. The molecule has 0 aliphatic carbocycles. The monoisotopic (exact) mass is 398 g/mol. The van der Waals surface area contributed by atoms with Gasteiger partial charge in [-0.05, 0) is 35.9 Å². The van der Waals surface area contributed by atoms with E-state index in [1.165, 1.54) is 35.6 Å². The second-order valence-corrected chi connectivity index (χ2v) is 7.50. The average molecular weight is 398 g/mol. The number of nitrogens with zero attached hydrogens (tertiary/aromatic N) is 4. The Balaban J connectivity index is 1.43. The van der Waals surface area contributed by atoms with Crippen LogP contribution in [0, 0.1) is 5.82 Å². The summed E-state index contributed by atoms with van der Waals surface area (Å²) in [4.78, 5) is 18.9. The lowest BCUT2D eigenvalue weighted by Gasteiger charge is -2.35. The molecule has 1 saturated heterocycles. The summed E-state index contributed by atoms with van der Waals surface area (Å²) in [6, 6.07) is 9.81. The Bertz CT molecular complexity index is 933. The van der Waals surface area contributed by atoms with E-state index in [0.717, 1.165) is 30.2 Å². The molecule has 0 spiro atoms. The standard InChI is InChI=1S/C19H19FN6OS/c20-14-3-5-15(6-4-14)23-18(27)19-25-24-17(28-19)12-26-9-8-22-11-16(26)13-2-1-7-21-10-13/h1-7,10,16,22H,8-9,11-12H2,(H,23,27). The Morgan fingerprint density at radius 1 is 1.29 bits per heavy atom. The van der Waals surface area contributed by atoms with Gasteiger partial charge in [-0.2, -0.15) is 0 Å². The number of anilines is 1. The number of aromatic nitrogens is 3. The molecule has 1 fully saturated rings. The summed E-state index contributed by atoms with van der Waals surface area (Å²) < 4.78 is 13.0. The molecule has 1 atom stereocenters. The Hall–Kier alpha value is -2.75. The van der Waals surface area contributed by atoms with Crippen LogP contribution >= 0.6 is 11.3 Å². The van der Waals surface area contributed by atoms with Gasteiger partial charge in [-0.15, -0.1) is 10.2 Å². The number of rotatable bonds is 5. The van der Waals surface area contributed by atoms with Crippen LogP contribution in [-0.4, -0.2) is 45.6 Å². The number of hydrogen-bond acceptors (Lipinski definition) is 7. The third-order valence-electron chi connectivity index (χ3n) is 4.52. The van der Waals surface area contributed by atoms with E-state index in [9.17, 15) is 9.18 Å². The van der Waals surface area contributed by atoms with Gasteiger partial charge in [0.1, 0.15) is 10.8 Å². The van der Waals surface area contributed by atoms with E-state index in [1.807, 2.05) is 12.3 Å². The molecule has 144 valence electrons. The fourth-order valence-electron chi connectivity index (χ4n) is 3.14. The van der Waals surface area contributed by atoms with Gasteiger partial charge in [0.15, 0.2) is 0 Å². The number of carbonyl (C=O) groups excluding carboxylic acids is 1. The van der Waals surface area contributed by atoms with Crippen molar-refractivity contribution in [1.82, 2.24) is 25.4 Å². The molecule has 0 saturated carbocycles. The van der Waals surface area contributed by atoms with Crippen LogP contribution in [0.3, 0.4) is 0 Å². The van der Waals surface area contributed by atoms with Gasteiger partial charge in [0.25, 0.3) is 5.91 Å². The highest BCUT2D eigenvalue weighted by Gasteiger charge is 2.25. The number of halogens is 1. The molecule has 1 aromatic carbocycles. The van der Waals surface area contributed by atoms with Gasteiger partial charge in [-0.25, -0.2) is 4.39 Å². The van der Waals surface area contributed by atoms with Crippen LogP contribution in [0.2, 0.25) is 0 Å². The largest absolute Gasteiger partial charge is 0.320 e. The third kappa shape index (κ3) is 4.38. The number of carbonyl (C=O) groups is 1. The number of piperazine rings is 1. The van der Waals surface area contributed by atoms with E-state index in [2.05, 4.69) is 36.8 Å². The minimum absolute atomic E-state index is 0.197. The van der Waals surface area contributed by atoms with Crippen LogP contribution in [0.25, 0.3) is 0 Å². The zero-order valence-electron chi connectivity index (χ0n) is 15.0. The number of amides is 1. The van der Waals surface area contributed by atoms with Gasteiger partial charge in [0.2, 0.25) is 5.01 Å². The van der Waals surface area contributed by atoms with Crippen molar-refractivity contribution in [2.45, 2.75) is 12.6 Å². The normalized spacial score (nSPS) is 17.4. The van der Waals surface area contributed by atoms with Gasteiger partial charge < -0.3 is 10.6 Å². The van der Waals surface area contributed by atoms with Crippen LogP contribution < -0.4 is 10.6 Å². The van der Waals surface area contributed by atoms with Crippen molar-refractivity contribution in [3.63, 3.8) is 0 Å². The quantitative estimate of drug-likeness (QED) is 0.687. The first-order chi connectivity index (χ1) is 13.7. The molecule has 0 bridgehead atoms. The maximum absolute atomic E-state index is 13.0. The lowest BCUT2D eigenvalue weighted by atomic mass is 10.1. The Morgan fingerprint density at radius 3 is 2.93 bits per heavy atom. The number of pyridine rings is 1. The predicted octanol–water partition coefficient (Wildman–Crippen LogP) is 2.47. The summed E-state index contributed by atoms with van der Waals surface area (Å²) in [5.41, 5.74) is 1.66. The van der Waals surface area contributed by atoms with Crippen molar-refractivity contribution in [1.29, 1.82) is 0 Å². The molecule has 9 heteroatoms. The van der Waals surface area contributed by atoms with E-state index in [-0.39, 0.29) is 22.8 Å². The summed E-state index contributed by atoms with van der Waals surface area (Å²) in [6.07, 6.45) is 3.65. The Labute approximate surface area is 165 Å². The Kier molecular flexibility index (Phi) is 5.65. The van der Waals surface area contributed by atoms with Gasteiger partial charge in [0, 0.05) is 43.8 Å². The lowest BCUT2D eigenvalue weighted by Crippen LogP contribution is -2.45. The molecule has 1 aliphatic rings. The van der Waals surface area contributed by atoms with Gasteiger partial charge in [-0.3, -0.25) is 14.7 Å². The summed E-state index contributed by atoms with van der Waals surface area (Å²) in [5.74, 6) is -0.699. The summed E-state index contributed by atoms with van der Waals surface area (Å²) in [5, 5.41) is 15.4. The fraction of sp³-hybridized carbons (Fsp3) is 0.263. The minimum Gasteiger partial charge on any atom is -0.320 e. The van der Waals surface area contributed by atoms with Crippen LogP contribution in [-0.2, 0) is 6.54 Å². The van der Waals surface area contributed by atoms with E-state index in [1.54, 1.807) is 6.20 Å². The third-order valence-corrected chi connectivity index (χ3v) is 5.43. The fourth-order valence-corrected chi connectivity index (χ4v) is 3.90. The molecule has 3 aromatic rings. The van der Waals surface area contributed by atoms with Crippen LogP contribution in [0.5, 0.6) is 0 Å². The van der Waals surface area contributed by atoms with Crippen LogP contribution in [0.15, 0.2) is 48.8 Å². The number of hydrogen-bond donors (Lipinski definition) is 2. The molecule has 1 unspecified atom stereocenters. The maximum Gasteiger partial charge on any atom is 0.286 e. The summed E-state index contributed by atoms with van der Waals surface area (Å²) in [7, 11) is 0. The molecule has 2 N–H and O–H groups in total. The molecule has 3 heterocycles. The Morgan fingerprint density at radius 2 is 2.14 bits per heavy atom. The zero-order valence-corrected chi connectivity index (χ0v) is 15.8. The topological polar surface area (TPSA) is 83.0 Å². The van der Waals surface area contributed by atoms with Crippen molar-refractivity contribution in [2.24, 2.45) is 0 Å². The summed E-state index contributed by atoms with van der Waals surface area (Å²) >= 11 is 1.27. The predicted molar refractivity (Wildman–Crippen MR) is 105 cm³/mol. The second-order valence-electron chi connectivity index (χ2n) is 6.44. The first kappa shape index (κ1) is 18.6. The number of benzene rings is 1. The molecule has 2 aromatic heterocycles. The van der Waals surface area contributed by atoms with Crippen molar-refractivity contribution in [3.05, 3.63) is 70.2 Å². The first-order valence-electron chi connectivity index (χ1n) is 8.93. The van der Waals surface area contributed by atoms with E-state index < -0.39 is 0 Å². The van der Waals surface area contributed by atoms with Crippen molar-refractivity contribution >= 4 is 22.9 Å². The van der Waals surface area contributed by atoms with E-state index >= 15 is 0 Å². The highest BCUT2D eigenvalue weighted by atomic mass is 32.1. The molecule has 1 aliphatic heterocycles. The highest BCUT2D eigenvalue weighted by molar-refractivity contribution is 7.13. The van der Waals surface area contributed by atoms with E-state index in [0.29, 0.717) is 12.2 Å². The van der Waals surface area contributed by atoms with Gasteiger partial charge in [0.05, 0.1) is 6.54 Å². The van der Waals surface area contributed by atoms with Gasteiger partial charge >= 0.3 is 0 Å². The van der Waals surface area contributed by atoms with Crippen LogP contribution in [0.1, 0.15) is 26.4 Å². The highest BCUT2D eigenvalue weighted by Crippen LogP contribution is 2.24. The molecule has 4 rings (SSSR count). The maximum atomic E-state index is 13.0. The SMILES string of the molecule is O=C(Nc1ccc(F)cc1)c1nnc(CN2CCNCC2c2cccnc2)s1. The average Bonchev–Trinajstić information content (AvgIpc) is 3.19. The molecular weight excluding hydrogens is 379 g/mol. The first-order valence-corrected chi connectivity index (χ1v) is 9.75. The van der Waals surface area contributed by atoms with Gasteiger partial charge in [-0.1, -0.05) is 17.4 Å². The lowest BCUT2D eigenvalue weighted by molar-refractivity contribution is 0.102. The van der Waals surface area contributed by atoms with Crippen molar-refractivity contribution in [2.75, 3.05) is 25.0 Å². The molecule has 7 nitrogen and oxygen atoms in total. The second kappa shape index (κ2) is 8.51. The molecule has 1 amide bonds. The van der Waals surface area contributed by atoms with Crippen LogP contribution in [0.4, 0.5) is 10.1 Å². The molecule has 28 heavy (non-hydrogen) atoms. The zero-order chi connectivity index (χ0) is 19.3. The van der Waals surface area contributed by atoms with Crippen molar-refractivity contribution < 1.29 is 9.18 Å². The molecular formula is C19H19FN6OS. The van der Waals surface area contributed by atoms with Crippen molar-refractivity contribution in [3.8, 4) is 0 Å². The molecule has 0 radical (unpaired) electrons. The minimum atomic E-state index is -0.351.